The van der Waals surface area contributed by atoms with Crippen LogP contribution in [0, 0.1) is 12.7 Å². The number of halogens is 2. The average molecular weight is 428 g/mol. The number of rotatable bonds is 5. The Bertz CT molecular complexity index is 1020. The highest BCUT2D eigenvalue weighted by atomic mass is 35.5. The minimum atomic E-state index is -0.220. The van der Waals surface area contributed by atoms with Crippen molar-refractivity contribution < 1.29 is 4.39 Å². The van der Waals surface area contributed by atoms with Crippen molar-refractivity contribution in [2.45, 2.75) is 13.5 Å². The van der Waals surface area contributed by atoms with Crippen LogP contribution in [0.5, 0.6) is 0 Å². The number of hydrogen-bond acceptors (Lipinski definition) is 7. The molecule has 1 aromatic heterocycles. The molecule has 30 heavy (non-hydrogen) atoms. The first kappa shape index (κ1) is 20.3. The summed E-state index contributed by atoms with van der Waals surface area (Å²) in [6, 6.07) is 12.3. The van der Waals surface area contributed by atoms with Crippen LogP contribution in [-0.2, 0) is 6.54 Å². The molecule has 156 valence electrons. The Kier molecular flexibility index (Phi) is 5.96. The highest BCUT2D eigenvalue weighted by Crippen LogP contribution is 2.22. The molecule has 7 nitrogen and oxygen atoms in total. The maximum atomic E-state index is 13.1. The van der Waals surface area contributed by atoms with E-state index in [1.165, 1.54) is 12.1 Å². The molecule has 4 rings (SSSR count). The summed E-state index contributed by atoms with van der Waals surface area (Å²) in [6.45, 7) is 5.91. The van der Waals surface area contributed by atoms with Crippen LogP contribution in [0.3, 0.4) is 0 Å². The largest absolute Gasteiger partial charge is 0.369 e. The predicted octanol–water partition coefficient (Wildman–Crippen LogP) is 3.62. The van der Waals surface area contributed by atoms with Crippen LogP contribution in [0.4, 0.5) is 27.7 Å². The van der Waals surface area contributed by atoms with Crippen LogP contribution in [0.2, 0.25) is 5.02 Å². The first-order valence-electron chi connectivity index (χ1n) is 9.73. The second-order valence-electron chi connectivity index (χ2n) is 7.26. The van der Waals surface area contributed by atoms with Crippen LogP contribution >= 0.6 is 11.6 Å². The van der Waals surface area contributed by atoms with Gasteiger partial charge >= 0.3 is 0 Å². The number of aromatic nitrogens is 3. The Balaban J connectivity index is 1.39. The molecule has 1 aliphatic heterocycles. The predicted molar refractivity (Wildman–Crippen MR) is 118 cm³/mol. The molecule has 1 fully saturated rings. The van der Waals surface area contributed by atoms with Gasteiger partial charge in [-0.3, -0.25) is 4.90 Å². The van der Waals surface area contributed by atoms with Gasteiger partial charge in [0.15, 0.2) is 0 Å². The molecule has 0 unspecified atom stereocenters. The van der Waals surface area contributed by atoms with E-state index in [4.69, 9.17) is 17.3 Å². The second-order valence-corrected chi connectivity index (χ2v) is 7.67. The molecule has 0 atom stereocenters. The van der Waals surface area contributed by atoms with E-state index in [2.05, 4.69) is 30.1 Å². The van der Waals surface area contributed by atoms with Crippen molar-refractivity contribution in [1.29, 1.82) is 0 Å². The lowest BCUT2D eigenvalue weighted by atomic mass is 10.2. The maximum absolute atomic E-state index is 13.1. The van der Waals surface area contributed by atoms with E-state index >= 15 is 0 Å². The minimum absolute atomic E-state index is 0.172. The van der Waals surface area contributed by atoms with Gasteiger partial charge in [-0.15, -0.1) is 0 Å². The van der Waals surface area contributed by atoms with Crippen LogP contribution in [-0.4, -0.2) is 46.0 Å². The molecule has 2 heterocycles. The van der Waals surface area contributed by atoms with Crippen molar-refractivity contribution in [1.82, 2.24) is 19.9 Å². The number of benzene rings is 2. The van der Waals surface area contributed by atoms with E-state index in [0.29, 0.717) is 23.3 Å². The van der Waals surface area contributed by atoms with Gasteiger partial charge in [0.1, 0.15) is 11.6 Å². The lowest BCUT2D eigenvalue weighted by Crippen LogP contribution is -2.46. The molecule has 0 bridgehead atoms. The van der Waals surface area contributed by atoms with Crippen LogP contribution in [0.25, 0.3) is 0 Å². The first-order chi connectivity index (χ1) is 14.5. The van der Waals surface area contributed by atoms with Crippen molar-refractivity contribution in [3.8, 4) is 0 Å². The smallest absolute Gasteiger partial charge is 0.232 e. The lowest BCUT2D eigenvalue weighted by molar-refractivity contribution is 0.244. The molecule has 0 spiro atoms. The fraction of sp³-hybridized carbons (Fsp3) is 0.286. The number of anilines is 4. The van der Waals surface area contributed by atoms with E-state index in [0.717, 1.165) is 43.1 Å². The van der Waals surface area contributed by atoms with Crippen molar-refractivity contribution in [3.63, 3.8) is 0 Å². The van der Waals surface area contributed by atoms with Gasteiger partial charge in [0.25, 0.3) is 0 Å². The fourth-order valence-corrected chi connectivity index (χ4v) is 3.56. The van der Waals surface area contributed by atoms with E-state index in [1.807, 2.05) is 37.3 Å². The molecule has 1 aliphatic rings. The summed E-state index contributed by atoms with van der Waals surface area (Å²) in [6.07, 6.45) is 0. The number of piperazine rings is 1. The van der Waals surface area contributed by atoms with Gasteiger partial charge in [-0.1, -0.05) is 17.7 Å². The van der Waals surface area contributed by atoms with E-state index in [-0.39, 0.29) is 11.8 Å². The Morgan fingerprint density at radius 2 is 1.77 bits per heavy atom. The SMILES string of the molecule is Cc1ccc(Nc2nc(N)nc(CN3CCN(c4ccc(F)cc4)CC3)n2)cc1Cl. The maximum Gasteiger partial charge on any atom is 0.232 e. The van der Waals surface area contributed by atoms with Gasteiger partial charge in [-0.25, -0.2) is 4.39 Å². The third-order valence-corrected chi connectivity index (χ3v) is 5.46. The zero-order valence-corrected chi connectivity index (χ0v) is 17.4. The molecule has 0 amide bonds. The molecule has 3 aromatic rings. The molecule has 0 aliphatic carbocycles. The van der Waals surface area contributed by atoms with Crippen molar-refractivity contribution in [2.75, 3.05) is 42.1 Å². The fourth-order valence-electron chi connectivity index (χ4n) is 3.38. The third-order valence-electron chi connectivity index (χ3n) is 5.06. The Labute approximate surface area is 179 Å². The van der Waals surface area contributed by atoms with Crippen LogP contribution < -0.4 is 16.0 Å². The summed E-state index contributed by atoms with van der Waals surface area (Å²) in [5, 5.41) is 3.81. The number of nitrogen functional groups attached to an aromatic ring is 1. The summed E-state index contributed by atoms with van der Waals surface area (Å²) >= 11 is 6.19. The Morgan fingerprint density at radius 1 is 1.03 bits per heavy atom. The van der Waals surface area contributed by atoms with Gasteiger partial charge in [-0.2, -0.15) is 15.0 Å². The monoisotopic (exact) mass is 427 g/mol. The van der Waals surface area contributed by atoms with Crippen LogP contribution in [0.15, 0.2) is 42.5 Å². The number of aryl methyl sites for hydroxylation is 1. The zero-order valence-electron chi connectivity index (χ0n) is 16.6. The van der Waals surface area contributed by atoms with E-state index in [9.17, 15) is 4.39 Å². The van der Waals surface area contributed by atoms with Gasteiger partial charge in [0.2, 0.25) is 11.9 Å². The first-order valence-corrected chi connectivity index (χ1v) is 10.1. The van der Waals surface area contributed by atoms with Gasteiger partial charge < -0.3 is 16.0 Å². The Hall–Kier alpha value is -2.97. The van der Waals surface area contributed by atoms with Gasteiger partial charge in [-0.05, 0) is 48.9 Å². The summed E-state index contributed by atoms with van der Waals surface area (Å²) in [7, 11) is 0. The third kappa shape index (κ3) is 4.95. The van der Waals surface area contributed by atoms with Crippen molar-refractivity contribution in [3.05, 3.63) is 64.7 Å². The quantitative estimate of drug-likeness (QED) is 0.643. The normalized spacial score (nSPS) is 14.7. The van der Waals surface area contributed by atoms with E-state index < -0.39 is 0 Å². The topological polar surface area (TPSA) is 83.2 Å². The molecule has 9 heteroatoms. The standard InChI is InChI=1S/C21H23ClFN7/c1-14-2-5-16(12-18(14)22)25-21-27-19(26-20(24)28-21)13-29-8-10-30(11-9-29)17-6-3-15(23)4-7-17/h2-7,12H,8-11,13H2,1H3,(H3,24,25,26,27,28). The molecule has 2 aromatic carbocycles. The van der Waals surface area contributed by atoms with Gasteiger partial charge in [0.05, 0.1) is 6.54 Å². The number of nitrogens with two attached hydrogens (primary N) is 1. The highest BCUT2D eigenvalue weighted by molar-refractivity contribution is 6.31. The summed E-state index contributed by atoms with van der Waals surface area (Å²) in [5.74, 6) is 0.952. The molecular formula is C21H23ClFN7. The molecule has 0 radical (unpaired) electrons. The number of nitrogens with zero attached hydrogens (tertiary/aromatic N) is 5. The lowest BCUT2D eigenvalue weighted by Gasteiger charge is -2.35. The highest BCUT2D eigenvalue weighted by Gasteiger charge is 2.19. The molecular weight excluding hydrogens is 405 g/mol. The minimum Gasteiger partial charge on any atom is -0.369 e. The molecule has 3 N–H and O–H groups in total. The second kappa shape index (κ2) is 8.81. The number of hydrogen-bond donors (Lipinski definition) is 2. The summed E-state index contributed by atoms with van der Waals surface area (Å²) in [5.41, 5.74) is 8.71. The Morgan fingerprint density at radius 3 is 2.47 bits per heavy atom. The summed E-state index contributed by atoms with van der Waals surface area (Å²) < 4.78 is 13.1. The van der Waals surface area contributed by atoms with Crippen molar-refractivity contribution >= 4 is 34.9 Å². The van der Waals surface area contributed by atoms with Crippen molar-refractivity contribution in [2.24, 2.45) is 0 Å². The molecule has 1 saturated heterocycles. The zero-order chi connectivity index (χ0) is 21.1. The number of nitrogens with one attached hydrogen (secondary N) is 1. The average Bonchev–Trinajstić information content (AvgIpc) is 2.72. The van der Waals surface area contributed by atoms with Gasteiger partial charge in [0, 0.05) is 42.6 Å². The summed E-state index contributed by atoms with van der Waals surface area (Å²) in [4.78, 5) is 17.5. The van der Waals surface area contributed by atoms with E-state index in [1.54, 1.807) is 0 Å². The molecule has 0 saturated carbocycles. The van der Waals surface area contributed by atoms with Crippen LogP contribution in [0.1, 0.15) is 11.4 Å².